The van der Waals surface area contributed by atoms with E-state index in [1.807, 2.05) is 0 Å². The lowest BCUT2D eigenvalue weighted by Crippen LogP contribution is -2.47. The maximum atomic E-state index is 11.9. The first kappa shape index (κ1) is 17.9. The van der Waals surface area contributed by atoms with Crippen LogP contribution in [0.2, 0.25) is 0 Å². The Morgan fingerprint density at radius 1 is 1.24 bits per heavy atom. The summed E-state index contributed by atoms with van der Waals surface area (Å²) in [6.07, 6.45) is 4.78. The second kappa shape index (κ2) is 10.6. The topological polar surface area (TPSA) is 73.5 Å². The molecule has 1 rings (SSSR count). The van der Waals surface area contributed by atoms with Gasteiger partial charge in [0, 0.05) is 32.6 Å². The molecular formula is C15H30N4O2. The minimum Gasteiger partial charge on any atom is -0.355 e. The number of rotatable bonds is 9. The molecule has 6 nitrogen and oxygen atoms in total. The van der Waals surface area contributed by atoms with Crippen molar-refractivity contribution in [1.29, 1.82) is 0 Å². The number of hydrogen-bond donors (Lipinski definition) is 3. The number of carbonyl (C=O) groups is 2. The van der Waals surface area contributed by atoms with Crippen molar-refractivity contribution in [3.8, 4) is 0 Å². The molecular weight excluding hydrogens is 268 g/mol. The van der Waals surface area contributed by atoms with Crippen molar-refractivity contribution < 1.29 is 9.59 Å². The Labute approximate surface area is 128 Å². The maximum absolute atomic E-state index is 11.9. The highest BCUT2D eigenvalue weighted by molar-refractivity contribution is 5.78. The second-order valence-corrected chi connectivity index (χ2v) is 5.71. The van der Waals surface area contributed by atoms with E-state index in [0.29, 0.717) is 25.7 Å². The molecule has 1 aliphatic heterocycles. The normalized spacial score (nSPS) is 18.5. The third kappa shape index (κ3) is 8.67. The molecule has 21 heavy (non-hydrogen) atoms. The SMILES string of the molecule is CCCN(CC(=O)NCCNC(C)=O)CC1CCCCN1. The van der Waals surface area contributed by atoms with Gasteiger partial charge >= 0.3 is 0 Å². The minimum absolute atomic E-state index is 0.0320. The van der Waals surface area contributed by atoms with Crippen molar-refractivity contribution in [2.45, 2.75) is 45.6 Å². The zero-order valence-electron chi connectivity index (χ0n) is 13.4. The largest absolute Gasteiger partial charge is 0.355 e. The lowest BCUT2D eigenvalue weighted by Gasteiger charge is -2.30. The number of nitrogens with one attached hydrogen (secondary N) is 3. The van der Waals surface area contributed by atoms with Gasteiger partial charge in [0.05, 0.1) is 6.54 Å². The van der Waals surface area contributed by atoms with Gasteiger partial charge in [0.25, 0.3) is 0 Å². The molecule has 1 heterocycles. The summed E-state index contributed by atoms with van der Waals surface area (Å²) in [4.78, 5) is 24.9. The molecule has 1 saturated heterocycles. The van der Waals surface area contributed by atoms with Gasteiger partial charge in [0.2, 0.25) is 11.8 Å². The van der Waals surface area contributed by atoms with Gasteiger partial charge in [0.1, 0.15) is 0 Å². The first-order valence-electron chi connectivity index (χ1n) is 8.08. The summed E-state index contributed by atoms with van der Waals surface area (Å²) in [6, 6.07) is 0.512. The Bertz CT molecular complexity index is 317. The van der Waals surface area contributed by atoms with Crippen LogP contribution in [0.15, 0.2) is 0 Å². The molecule has 2 amide bonds. The highest BCUT2D eigenvalue weighted by Crippen LogP contribution is 2.08. The minimum atomic E-state index is -0.0692. The first-order chi connectivity index (χ1) is 10.1. The quantitative estimate of drug-likeness (QED) is 0.528. The number of piperidine rings is 1. The Hall–Kier alpha value is -1.14. The molecule has 1 atom stereocenters. The molecule has 0 bridgehead atoms. The van der Waals surface area contributed by atoms with Crippen LogP contribution >= 0.6 is 0 Å². The zero-order valence-corrected chi connectivity index (χ0v) is 13.4. The van der Waals surface area contributed by atoms with Crippen molar-refractivity contribution in [1.82, 2.24) is 20.9 Å². The van der Waals surface area contributed by atoms with Crippen molar-refractivity contribution in [3.63, 3.8) is 0 Å². The molecule has 0 aromatic carbocycles. The van der Waals surface area contributed by atoms with Crippen LogP contribution in [0, 0.1) is 0 Å². The third-order valence-corrected chi connectivity index (χ3v) is 3.62. The highest BCUT2D eigenvalue weighted by Gasteiger charge is 2.17. The lowest BCUT2D eigenvalue weighted by atomic mass is 10.0. The van der Waals surface area contributed by atoms with Crippen molar-refractivity contribution >= 4 is 11.8 Å². The molecule has 0 spiro atoms. The summed E-state index contributed by atoms with van der Waals surface area (Å²) in [7, 11) is 0. The lowest BCUT2D eigenvalue weighted by molar-refractivity contribution is -0.123. The van der Waals surface area contributed by atoms with Crippen LogP contribution in [0.1, 0.15) is 39.5 Å². The first-order valence-corrected chi connectivity index (χ1v) is 8.08. The zero-order chi connectivity index (χ0) is 15.5. The van der Waals surface area contributed by atoms with Crippen LogP contribution in [0.5, 0.6) is 0 Å². The Morgan fingerprint density at radius 2 is 2.00 bits per heavy atom. The van der Waals surface area contributed by atoms with Crippen LogP contribution in [0.25, 0.3) is 0 Å². The smallest absolute Gasteiger partial charge is 0.234 e. The van der Waals surface area contributed by atoms with Gasteiger partial charge in [-0.15, -0.1) is 0 Å². The summed E-state index contributed by atoms with van der Waals surface area (Å²) in [5.41, 5.74) is 0. The number of amides is 2. The molecule has 122 valence electrons. The van der Waals surface area contributed by atoms with Gasteiger partial charge in [-0.1, -0.05) is 13.3 Å². The standard InChI is InChI=1S/C15H30N4O2/c1-3-10-19(11-14-6-4-5-7-17-14)12-15(21)18-9-8-16-13(2)20/h14,17H,3-12H2,1-2H3,(H,16,20)(H,18,21). The van der Waals surface area contributed by atoms with Gasteiger partial charge in [0.15, 0.2) is 0 Å². The summed E-state index contributed by atoms with van der Waals surface area (Å²) < 4.78 is 0. The average molecular weight is 298 g/mol. The number of nitrogens with zero attached hydrogens (tertiary/aromatic N) is 1. The molecule has 0 aliphatic carbocycles. The van der Waals surface area contributed by atoms with E-state index in [0.717, 1.165) is 26.1 Å². The predicted molar refractivity (Wildman–Crippen MR) is 84.1 cm³/mol. The Morgan fingerprint density at radius 3 is 2.62 bits per heavy atom. The summed E-state index contributed by atoms with van der Waals surface area (Å²) in [5.74, 6) is -0.0372. The predicted octanol–water partition coefficient (Wildman–Crippen LogP) is 0.0928. The molecule has 0 aromatic heterocycles. The van der Waals surface area contributed by atoms with E-state index in [1.54, 1.807) is 0 Å². The van der Waals surface area contributed by atoms with Crippen LogP contribution in [-0.2, 0) is 9.59 Å². The van der Waals surface area contributed by atoms with Crippen molar-refractivity contribution in [2.75, 3.05) is 39.3 Å². The van der Waals surface area contributed by atoms with E-state index in [-0.39, 0.29) is 11.8 Å². The monoisotopic (exact) mass is 298 g/mol. The Kier molecular flexibility index (Phi) is 9.01. The Balaban J connectivity index is 2.24. The van der Waals surface area contributed by atoms with E-state index in [9.17, 15) is 9.59 Å². The molecule has 3 N–H and O–H groups in total. The summed E-state index contributed by atoms with van der Waals surface area (Å²) in [5, 5.41) is 9.04. The van der Waals surface area contributed by atoms with Crippen molar-refractivity contribution in [3.05, 3.63) is 0 Å². The highest BCUT2D eigenvalue weighted by atomic mass is 16.2. The van der Waals surface area contributed by atoms with E-state index in [2.05, 4.69) is 27.8 Å². The third-order valence-electron chi connectivity index (χ3n) is 3.62. The summed E-state index contributed by atoms with van der Waals surface area (Å²) in [6.45, 7) is 7.99. The molecule has 0 radical (unpaired) electrons. The average Bonchev–Trinajstić information content (AvgIpc) is 2.45. The van der Waals surface area contributed by atoms with Gasteiger partial charge in [-0.25, -0.2) is 0 Å². The van der Waals surface area contributed by atoms with Gasteiger partial charge < -0.3 is 16.0 Å². The van der Waals surface area contributed by atoms with Crippen molar-refractivity contribution in [2.24, 2.45) is 0 Å². The van der Waals surface area contributed by atoms with Crippen LogP contribution in [0.4, 0.5) is 0 Å². The maximum Gasteiger partial charge on any atom is 0.234 e. The molecule has 0 saturated carbocycles. The number of hydrogen-bond acceptors (Lipinski definition) is 4. The van der Waals surface area contributed by atoms with Gasteiger partial charge in [-0.3, -0.25) is 14.5 Å². The van der Waals surface area contributed by atoms with E-state index >= 15 is 0 Å². The molecule has 1 unspecified atom stereocenters. The fourth-order valence-corrected chi connectivity index (χ4v) is 2.64. The van der Waals surface area contributed by atoms with E-state index in [1.165, 1.54) is 26.2 Å². The van der Waals surface area contributed by atoms with Crippen LogP contribution in [0.3, 0.4) is 0 Å². The van der Waals surface area contributed by atoms with Gasteiger partial charge in [-0.05, 0) is 32.4 Å². The summed E-state index contributed by atoms with van der Waals surface area (Å²) >= 11 is 0. The van der Waals surface area contributed by atoms with Gasteiger partial charge in [-0.2, -0.15) is 0 Å². The molecule has 1 aliphatic rings. The van der Waals surface area contributed by atoms with E-state index in [4.69, 9.17) is 0 Å². The molecule has 1 fully saturated rings. The molecule has 0 aromatic rings. The molecule has 6 heteroatoms. The van der Waals surface area contributed by atoms with E-state index < -0.39 is 0 Å². The fraction of sp³-hybridized carbons (Fsp3) is 0.867. The second-order valence-electron chi connectivity index (χ2n) is 5.71. The van der Waals surface area contributed by atoms with Crippen LogP contribution < -0.4 is 16.0 Å². The fourth-order valence-electron chi connectivity index (χ4n) is 2.64. The number of carbonyl (C=O) groups excluding carboxylic acids is 2. The van der Waals surface area contributed by atoms with Crippen LogP contribution in [-0.4, -0.2) is 62.0 Å².